The summed E-state index contributed by atoms with van der Waals surface area (Å²) in [6, 6.07) is 8.02. The van der Waals surface area contributed by atoms with Crippen molar-refractivity contribution in [2.75, 3.05) is 44.6 Å². The van der Waals surface area contributed by atoms with Crippen LogP contribution in [0.1, 0.15) is 29.6 Å². The molecule has 2 amide bonds. The Labute approximate surface area is 197 Å². The summed E-state index contributed by atoms with van der Waals surface area (Å²) in [7, 11) is -3.75. The predicted octanol–water partition coefficient (Wildman–Crippen LogP) is 2.01. The highest BCUT2D eigenvalue weighted by molar-refractivity contribution is 7.90. The van der Waals surface area contributed by atoms with Gasteiger partial charge in [-0.2, -0.15) is 11.3 Å². The predicted molar refractivity (Wildman–Crippen MR) is 128 cm³/mol. The Bertz CT molecular complexity index is 1130. The quantitative estimate of drug-likeness (QED) is 0.645. The fraction of sp³-hybridized carbons (Fsp3) is 0.409. The first-order valence-electron chi connectivity index (χ1n) is 10.9. The second-order valence-corrected chi connectivity index (χ2v) is 10.5. The molecule has 33 heavy (non-hydrogen) atoms. The number of anilines is 1. The van der Waals surface area contributed by atoms with Gasteiger partial charge < -0.3 is 10.2 Å². The summed E-state index contributed by atoms with van der Waals surface area (Å²) in [6.07, 6.45) is 2.23. The van der Waals surface area contributed by atoms with Gasteiger partial charge in [-0.15, -0.1) is 0 Å². The van der Waals surface area contributed by atoms with E-state index in [9.17, 15) is 18.0 Å². The van der Waals surface area contributed by atoms with Gasteiger partial charge in [0.1, 0.15) is 5.84 Å². The summed E-state index contributed by atoms with van der Waals surface area (Å²) in [6.45, 7) is 3.33. The summed E-state index contributed by atoms with van der Waals surface area (Å²) < 4.78 is 27.7. The third kappa shape index (κ3) is 6.18. The second kappa shape index (κ2) is 10.4. The Balaban J connectivity index is 1.31. The number of carbonyl (C=O) groups excluding carboxylic acids is 2. The maximum Gasteiger partial charge on any atom is 0.262 e. The second-order valence-electron chi connectivity index (χ2n) is 8.05. The zero-order chi connectivity index (χ0) is 23.3. The lowest BCUT2D eigenvalue weighted by molar-refractivity contribution is -0.117. The molecule has 4 rings (SSSR count). The highest BCUT2D eigenvalue weighted by Crippen LogP contribution is 2.17. The topological polar surface area (TPSA) is 111 Å². The van der Waals surface area contributed by atoms with Crippen LogP contribution < -0.4 is 10.0 Å². The highest BCUT2D eigenvalue weighted by atomic mass is 32.2. The number of rotatable bonds is 6. The van der Waals surface area contributed by atoms with Crippen LogP contribution in [0, 0.1) is 0 Å². The average Bonchev–Trinajstić information content (AvgIpc) is 3.45. The van der Waals surface area contributed by atoms with Gasteiger partial charge in [0, 0.05) is 50.2 Å². The molecule has 0 unspecified atom stereocenters. The van der Waals surface area contributed by atoms with E-state index in [1.165, 1.54) is 23.5 Å². The molecular weight excluding hydrogens is 462 g/mol. The van der Waals surface area contributed by atoms with Crippen LogP contribution in [-0.4, -0.2) is 75.1 Å². The van der Waals surface area contributed by atoms with Gasteiger partial charge in [-0.3, -0.25) is 24.2 Å². The molecule has 3 heterocycles. The molecule has 1 aromatic carbocycles. The van der Waals surface area contributed by atoms with Crippen molar-refractivity contribution >= 4 is 44.7 Å². The number of sulfonamides is 1. The molecule has 0 aliphatic carbocycles. The average molecular weight is 490 g/mol. The minimum atomic E-state index is -3.75. The van der Waals surface area contributed by atoms with Gasteiger partial charge in [0.05, 0.1) is 17.0 Å². The molecule has 1 aromatic heterocycles. The molecule has 0 atom stereocenters. The normalized spacial score (nSPS) is 17.3. The maximum atomic E-state index is 12.6. The first-order valence-corrected chi connectivity index (χ1v) is 13.3. The number of hydrogen-bond donors (Lipinski definition) is 2. The van der Waals surface area contributed by atoms with Crippen LogP contribution >= 0.6 is 11.3 Å². The third-order valence-electron chi connectivity index (χ3n) is 5.57. The van der Waals surface area contributed by atoms with Crippen molar-refractivity contribution in [2.24, 2.45) is 4.99 Å². The number of thiophene rings is 1. The summed E-state index contributed by atoms with van der Waals surface area (Å²) >= 11 is 1.50. The van der Waals surface area contributed by atoms with Crippen molar-refractivity contribution in [3.8, 4) is 0 Å². The fourth-order valence-corrected chi connectivity index (χ4v) is 5.65. The molecule has 11 heteroatoms. The Morgan fingerprint density at radius 3 is 2.73 bits per heavy atom. The van der Waals surface area contributed by atoms with Gasteiger partial charge in [-0.05, 0) is 42.5 Å². The minimum absolute atomic E-state index is 0.0257. The van der Waals surface area contributed by atoms with Crippen molar-refractivity contribution in [1.82, 2.24) is 14.5 Å². The van der Waals surface area contributed by atoms with Crippen LogP contribution in [0.4, 0.5) is 5.69 Å². The van der Waals surface area contributed by atoms with E-state index >= 15 is 0 Å². The Morgan fingerprint density at radius 2 is 1.97 bits per heavy atom. The molecule has 0 bridgehead atoms. The molecule has 0 saturated carbocycles. The molecular formula is C22H27N5O4S2. The number of aliphatic imine (C=N–C) groups is 1. The first-order chi connectivity index (χ1) is 15.9. The molecule has 1 fully saturated rings. The van der Waals surface area contributed by atoms with Gasteiger partial charge in [0.25, 0.3) is 15.9 Å². The number of nitrogens with one attached hydrogen (secondary N) is 2. The number of hydrogen-bond acceptors (Lipinski definition) is 7. The molecule has 2 aliphatic heterocycles. The Kier molecular flexibility index (Phi) is 7.41. The van der Waals surface area contributed by atoms with Crippen LogP contribution in [0.5, 0.6) is 0 Å². The van der Waals surface area contributed by atoms with Gasteiger partial charge in [0.15, 0.2) is 0 Å². The van der Waals surface area contributed by atoms with Crippen LogP contribution in [0.3, 0.4) is 0 Å². The SMILES string of the molecule is O=C(CN1CCCN(C(=O)c2ccsc2)CC1)Nc1cccc(S(=O)(=O)NC2=NCCC2)c1. The van der Waals surface area contributed by atoms with Gasteiger partial charge >= 0.3 is 0 Å². The van der Waals surface area contributed by atoms with Crippen LogP contribution in [0.15, 0.2) is 51.0 Å². The minimum Gasteiger partial charge on any atom is -0.337 e. The lowest BCUT2D eigenvalue weighted by atomic mass is 10.3. The van der Waals surface area contributed by atoms with Crippen molar-refractivity contribution in [2.45, 2.75) is 24.2 Å². The molecule has 0 spiro atoms. The number of carbonyl (C=O) groups is 2. The Morgan fingerprint density at radius 1 is 1.09 bits per heavy atom. The lowest BCUT2D eigenvalue weighted by Crippen LogP contribution is -2.38. The van der Waals surface area contributed by atoms with Crippen LogP contribution in [-0.2, 0) is 14.8 Å². The van der Waals surface area contributed by atoms with E-state index in [1.54, 1.807) is 12.1 Å². The summed E-state index contributed by atoms with van der Waals surface area (Å²) in [4.78, 5) is 33.3. The summed E-state index contributed by atoms with van der Waals surface area (Å²) in [5.74, 6) is 0.269. The van der Waals surface area contributed by atoms with Gasteiger partial charge in [-0.25, -0.2) is 8.42 Å². The van der Waals surface area contributed by atoms with E-state index in [4.69, 9.17) is 0 Å². The molecule has 0 radical (unpaired) electrons. The molecule has 2 N–H and O–H groups in total. The lowest BCUT2D eigenvalue weighted by Gasteiger charge is -2.21. The van der Waals surface area contributed by atoms with E-state index < -0.39 is 10.0 Å². The zero-order valence-electron chi connectivity index (χ0n) is 18.2. The fourth-order valence-electron chi connectivity index (χ4n) is 3.88. The van der Waals surface area contributed by atoms with E-state index in [-0.39, 0.29) is 23.3 Å². The monoisotopic (exact) mass is 489 g/mol. The standard InChI is InChI=1S/C22H27N5O4S2/c28-21(15-26-9-3-10-27(12-11-26)22(29)17-7-13-32-16-17)24-18-4-1-5-19(14-18)33(30,31)25-20-6-2-8-23-20/h1,4-5,7,13-14,16H,2-3,6,8-12,15H2,(H,23,25)(H,24,28). The first kappa shape index (κ1) is 23.4. The zero-order valence-corrected chi connectivity index (χ0v) is 19.8. The maximum absolute atomic E-state index is 12.6. The van der Waals surface area contributed by atoms with Crippen molar-refractivity contribution in [3.63, 3.8) is 0 Å². The van der Waals surface area contributed by atoms with Crippen molar-refractivity contribution in [1.29, 1.82) is 0 Å². The molecule has 9 nitrogen and oxygen atoms in total. The molecule has 1 saturated heterocycles. The van der Waals surface area contributed by atoms with E-state index in [2.05, 4.69) is 15.0 Å². The molecule has 2 aliphatic rings. The number of amides is 2. The number of amidine groups is 1. The van der Waals surface area contributed by atoms with E-state index in [0.29, 0.717) is 56.2 Å². The third-order valence-corrected chi connectivity index (χ3v) is 7.63. The smallest absolute Gasteiger partial charge is 0.262 e. The largest absolute Gasteiger partial charge is 0.337 e. The highest BCUT2D eigenvalue weighted by Gasteiger charge is 2.22. The molecule has 176 valence electrons. The van der Waals surface area contributed by atoms with Crippen molar-refractivity contribution in [3.05, 3.63) is 46.7 Å². The summed E-state index contributed by atoms with van der Waals surface area (Å²) in [5, 5.41) is 6.53. The molecule has 2 aromatic rings. The van der Waals surface area contributed by atoms with Crippen LogP contribution in [0.25, 0.3) is 0 Å². The number of nitrogens with zero attached hydrogens (tertiary/aromatic N) is 3. The number of benzene rings is 1. The van der Waals surface area contributed by atoms with E-state index in [0.717, 1.165) is 12.8 Å². The van der Waals surface area contributed by atoms with E-state index in [1.807, 2.05) is 26.6 Å². The van der Waals surface area contributed by atoms with Gasteiger partial charge in [0.2, 0.25) is 5.91 Å². The summed E-state index contributed by atoms with van der Waals surface area (Å²) in [5.41, 5.74) is 1.12. The Hall–Kier alpha value is -2.76. The van der Waals surface area contributed by atoms with Crippen LogP contribution in [0.2, 0.25) is 0 Å². The van der Waals surface area contributed by atoms with Gasteiger partial charge in [-0.1, -0.05) is 6.07 Å². The van der Waals surface area contributed by atoms with Crippen molar-refractivity contribution < 1.29 is 18.0 Å².